The number of aryl methyl sites for hydroxylation is 1. The molecule has 0 radical (unpaired) electrons. The van der Waals surface area contributed by atoms with Gasteiger partial charge in [0.05, 0.1) is 18.0 Å². The largest absolute Gasteiger partial charge is 0.497 e. The summed E-state index contributed by atoms with van der Waals surface area (Å²) in [6.45, 7) is 7.04. The lowest BCUT2D eigenvalue weighted by Gasteiger charge is -2.06. The maximum absolute atomic E-state index is 12.8. The van der Waals surface area contributed by atoms with Gasteiger partial charge in [0.1, 0.15) is 5.75 Å². The summed E-state index contributed by atoms with van der Waals surface area (Å²) in [6.07, 6.45) is 0. The predicted molar refractivity (Wildman–Crippen MR) is 116 cm³/mol. The lowest BCUT2D eigenvalue weighted by Crippen LogP contribution is -2.13. The van der Waals surface area contributed by atoms with Crippen molar-refractivity contribution in [1.29, 1.82) is 0 Å². The third-order valence-electron chi connectivity index (χ3n) is 4.87. The van der Waals surface area contributed by atoms with E-state index in [1.807, 2.05) is 16.8 Å². The first-order chi connectivity index (χ1) is 14.0. The van der Waals surface area contributed by atoms with Gasteiger partial charge >= 0.3 is 0 Å². The maximum atomic E-state index is 12.8. The van der Waals surface area contributed by atoms with E-state index < -0.39 is 0 Å². The van der Waals surface area contributed by atoms with Crippen molar-refractivity contribution in [3.63, 3.8) is 0 Å². The van der Waals surface area contributed by atoms with E-state index in [2.05, 4.69) is 43.3 Å². The molecule has 1 amide bonds. The van der Waals surface area contributed by atoms with E-state index in [-0.39, 0.29) is 5.91 Å². The number of anilines is 1. The summed E-state index contributed by atoms with van der Waals surface area (Å²) >= 11 is 0. The molecular weight excluding hydrogens is 364 g/mol. The molecule has 2 aromatic heterocycles. The zero-order valence-corrected chi connectivity index (χ0v) is 17.1. The first kappa shape index (κ1) is 18.9. The van der Waals surface area contributed by atoms with Crippen LogP contribution in [0.5, 0.6) is 5.75 Å². The Morgan fingerprint density at radius 3 is 2.62 bits per heavy atom. The van der Waals surface area contributed by atoms with Crippen molar-refractivity contribution in [2.75, 3.05) is 12.4 Å². The fraction of sp³-hybridized carbons (Fsp3) is 0.261. The number of carbonyl (C=O) groups is 1. The number of hydrogen-bond acceptors (Lipinski definition) is 4. The van der Waals surface area contributed by atoms with Crippen LogP contribution >= 0.6 is 0 Å². The smallest absolute Gasteiger partial charge is 0.256 e. The summed E-state index contributed by atoms with van der Waals surface area (Å²) in [5, 5.41) is 9.51. The van der Waals surface area contributed by atoms with Crippen molar-refractivity contribution >= 4 is 33.7 Å². The highest BCUT2D eigenvalue weighted by Gasteiger charge is 2.17. The van der Waals surface area contributed by atoms with Gasteiger partial charge < -0.3 is 10.1 Å². The molecule has 0 saturated heterocycles. The van der Waals surface area contributed by atoms with Gasteiger partial charge in [-0.05, 0) is 48.7 Å². The van der Waals surface area contributed by atoms with Gasteiger partial charge in [0, 0.05) is 17.5 Å². The number of hydrogen-bond donors (Lipinski definition) is 1. The lowest BCUT2D eigenvalue weighted by atomic mass is 10.1. The van der Waals surface area contributed by atoms with Crippen LogP contribution in [0.15, 0.2) is 48.5 Å². The molecule has 2 aromatic carbocycles. The Morgan fingerprint density at radius 2 is 1.93 bits per heavy atom. The number of methoxy groups -OCH3 is 1. The number of fused-ring (bicyclic) bond motifs is 2. The molecule has 148 valence electrons. The van der Waals surface area contributed by atoms with Crippen LogP contribution in [0.4, 0.5) is 5.82 Å². The van der Waals surface area contributed by atoms with Gasteiger partial charge in [-0.2, -0.15) is 5.10 Å². The van der Waals surface area contributed by atoms with Gasteiger partial charge in [0.15, 0.2) is 11.5 Å². The zero-order valence-electron chi connectivity index (χ0n) is 17.1. The predicted octanol–water partition coefficient (Wildman–Crippen LogP) is 4.81. The van der Waals surface area contributed by atoms with Gasteiger partial charge in [-0.25, -0.2) is 9.67 Å². The summed E-state index contributed by atoms with van der Waals surface area (Å²) in [5.41, 5.74) is 3.40. The number of amides is 1. The number of para-hydroxylation sites is 1. The molecule has 0 bridgehead atoms. The second-order valence-electron chi connectivity index (χ2n) is 7.61. The van der Waals surface area contributed by atoms with E-state index in [1.165, 1.54) is 0 Å². The van der Waals surface area contributed by atoms with Crippen molar-refractivity contribution in [3.05, 3.63) is 59.7 Å². The molecule has 0 aliphatic heterocycles. The van der Waals surface area contributed by atoms with Gasteiger partial charge in [-0.3, -0.25) is 4.79 Å². The number of nitrogens with zero attached hydrogens (tertiary/aromatic N) is 3. The van der Waals surface area contributed by atoms with E-state index in [0.29, 0.717) is 23.0 Å². The molecule has 0 fully saturated rings. The minimum Gasteiger partial charge on any atom is -0.497 e. The van der Waals surface area contributed by atoms with Gasteiger partial charge in [-0.1, -0.05) is 32.0 Å². The summed E-state index contributed by atoms with van der Waals surface area (Å²) in [6, 6.07) is 15.2. The SMILES string of the molecule is COc1ccc(C(=O)Nc2nn(CC(C)C)c3nc4c(C)cccc4cc23)cc1. The molecule has 4 rings (SSSR count). The van der Waals surface area contributed by atoms with Crippen LogP contribution < -0.4 is 10.1 Å². The maximum Gasteiger partial charge on any atom is 0.256 e. The van der Waals surface area contributed by atoms with Crippen LogP contribution in [0.2, 0.25) is 0 Å². The van der Waals surface area contributed by atoms with Crippen LogP contribution in [0.1, 0.15) is 29.8 Å². The Balaban J connectivity index is 1.79. The topological polar surface area (TPSA) is 69.0 Å². The highest BCUT2D eigenvalue weighted by molar-refractivity contribution is 6.09. The van der Waals surface area contributed by atoms with Crippen LogP contribution in [0.25, 0.3) is 21.9 Å². The van der Waals surface area contributed by atoms with E-state index in [4.69, 9.17) is 9.72 Å². The standard InChI is InChI=1S/C23H24N4O2/c1-14(2)13-27-22-19(12-17-7-5-6-15(3)20(17)24-22)21(26-27)25-23(28)16-8-10-18(29-4)11-9-16/h5-12,14H,13H2,1-4H3,(H,25,26,28). The first-order valence-electron chi connectivity index (χ1n) is 9.68. The van der Waals surface area contributed by atoms with Crippen molar-refractivity contribution in [2.45, 2.75) is 27.3 Å². The molecule has 0 aliphatic rings. The quantitative estimate of drug-likeness (QED) is 0.533. The highest BCUT2D eigenvalue weighted by Crippen LogP contribution is 2.28. The Bertz CT molecular complexity index is 1190. The molecule has 0 atom stereocenters. The van der Waals surface area contributed by atoms with Gasteiger partial charge in [-0.15, -0.1) is 0 Å². The van der Waals surface area contributed by atoms with Crippen molar-refractivity contribution in [1.82, 2.24) is 14.8 Å². The number of rotatable bonds is 5. The Labute approximate surface area is 169 Å². The molecule has 6 heteroatoms. The molecule has 0 aliphatic carbocycles. The highest BCUT2D eigenvalue weighted by atomic mass is 16.5. The normalized spacial score (nSPS) is 11.3. The number of carbonyl (C=O) groups excluding carboxylic acids is 1. The fourth-order valence-electron chi connectivity index (χ4n) is 3.42. The van der Waals surface area contributed by atoms with Crippen molar-refractivity contribution in [3.8, 4) is 5.75 Å². The van der Waals surface area contributed by atoms with Crippen LogP contribution in [0.3, 0.4) is 0 Å². The van der Waals surface area contributed by atoms with Gasteiger partial charge in [0.2, 0.25) is 0 Å². The minimum absolute atomic E-state index is 0.215. The molecule has 2 heterocycles. The molecule has 4 aromatic rings. The minimum atomic E-state index is -0.215. The van der Waals surface area contributed by atoms with E-state index in [1.54, 1.807) is 31.4 Å². The Hall–Kier alpha value is -3.41. The molecule has 0 unspecified atom stereocenters. The van der Waals surface area contributed by atoms with Gasteiger partial charge in [0.25, 0.3) is 5.91 Å². The molecule has 29 heavy (non-hydrogen) atoms. The average molecular weight is 388 g/mol. The Morgan fingerprint density at radius 1 is 1.17 bits per heavy atom. The molecule has 6 nitrogen and oxygen atoms in total. The van der Waals surface area contributed by atoms with Crippen molar-refractivity contribution in [2.24, 2.45) is 5.92 Å². The number of ether oxygens (including phenoxy) is 1. The number of aromatic nitrogens is 3. The molecule has 0 saturated carbocycles. The summed E-state index contributed by atoms with van der Waals surface area (Å²) < 4.78 is 7.04. The second kappa shape index (κ2) is 7.54. The monoisotopic (exact) mass is 388 g/mol. The van der Waals surface area contributed by atoms with Crippen LogP contribution in [-0.2, 0) is 6.54 Å². The number of nitrogens with one attached hydrogen (secondary N) is 1. The number of benzene rings is 2. The second-order valence-corrected chi connectivity index (χ2v) is 7.61. The third-order valence-corrected chi connectivity index (χ3v) is 4.87. The molecular formula is C23H24N4O2. The number of pyridine rings is 1. The third kappa shape index (κ3) is 3.66. The summed E-state index contributed by atoms with van der Waals surface area (Å²) in [7, 11) is 1.60. The lowest BCUT2D eigenvalue weighted by molar-refractivity contribution is 0.102. The van der Waals surface area contributed by atoms with Crippen LogP contribution in [0, 0.1) is 12.8 Å². The molecule has 0 spiro atoms. The van der Waals surface area contributed by atoms with E-state index >= 15 is 0 Å². The zero-order chi connectivity index (χ0) is 20.5. The van der Waals surface area contributed by atoms with E-state index in [0.717, 1.165) is 34.0 Å². The summed E-state index contributed by atoms with van der Waals surface area (Å²) in [4.78, 5) is 17.7. The average Bonchev–Trinajstić information content (AvgIpc) is 3.02. The fourth-order valence-corrected chi connectivity index (χ4v) is 3.42. The van der Waals surface area contributed by atoms with Crippen LogP contribution in [-0.4, -0.2) is 27.8 Å². The summed E-state index contributed by atoms with van der Waals surface area (Å²) in [5.74, 6) is 1.42. The first-order valence-corrected chi connectivity index (χ1v) is 9.68. The van der Waals surface area contributed by atoms with E-state index in [9.17, 15) is 4.79 Å². The van der Waals surface area contributed by atoms with Crippen molar-refractivity contribution < 1.29 is 9.53 Å². The molecule has 1 N–H and O–H groups in total. The Kier molecular flexibility index (Phi) is 4.92.